The van der Waals surface area contributed by atoms with Gasteiger partial charge in [0.25, 0.3) is 0 Å². The van der Waals surface area contributed by atoms with Crippen molar-refractivity contribution in [3.8, 4) is 0 Å². The molecule has 0 saturated heterocycles. The minimum absolute atomic E-state index is 0.465. The Morgan fingerprint density at radius 1 is 1.73 bits per heavy atom. The van der Waals surface area contributed by atoms with Gasteiger partial charge in [0.2, 0.25) is 0 Å². The van der Waals surface area contributed by atoms with Crippen molar-refractivity contribution in [1.82, 2.24) is 0 Å². The van der Waals surface area contributed by atoms with Gasteiger partial charge < -0.3 is 4.43 Å². The molecule has 63 valence electrons. The van der Waals surface area contributed by atoms with E-state index in [0.29, 0.717) is 6.04 Å². The first-order valence-corrected chi connectivity index (χ1v) is 6.10. The molecule has 0 aliphatic heterocycles. The highest BCUT2D eigenvalue weighted by Crippen LogP contribution is 2.10. The summed E-state index contributed by atoms with van der Waals surface area (Å²) in [4.78, 5) is 21.9. The van der Waals surface area contributed by atoms with E-state index in [-0.39, 0.29) is 0 Å². The molecule has 1 unspecified atom stereocenters. The van der Waals surface area contributed by atoms with E-state index in [2.05, 4.69) is 11.0 Å². The van der Waals surface area contributed by atoms with E-state index < -0.39 is 14.5 Å². The van der Waals surface area contributed by atoms with Gasteiger partial charge in [0.15, 0.2) is 0 Å². The van der Waals surface area contributed by atoms with Gasteiger partial charge in [0, 0.05) is 12.1 Å². The highest BCUT2D eigenvalue weighted by atomic mass is 28.4. The highest BCUT2D eigenvalue weighted by Gasteiger charge is 2.31. The molecule has 0 heterocycles. The topological polar surface area (TPSA) is 46.2 Å². The van der Waals surface area contributed by atoms with Crippen LogP contribution in [0.4, 0.5) is 0 Å². The Morgan fingerprint density at radius 3 is 2.64 bits per heavy atom. The lowest BCUT2D eigenvalue weighted by Gasteiger charge is -2.15. The molecule has 1 atom stereocenters. The SMILES string of the molecule is C=CC(=O)O[Si](C)([O])CCC. The van der Waals surface area contributed by atoms with Gasteiger partial charge in [-0.1, -0.05) is 19.9 Å². The maximum absolute atomic E-state index is 11.3. The van der Waals surface area contributed by atoms with Crippen LogP contribution in [0.25, 0.3) is 0 Å². The fourth-order valence-electron chi connectivity index (χ4n) is 0.760. The lowest BCUT2D eigenvalue weighted by Crippen LogP contribution is -2.34. The first-order chi connectivity index (χ1) is 5.02. The number of carbonyl (C=O) groups excluding carboxylic acids is 1. The van der Waals surface area contributed by atoms with Crippen LogP contribution in [0.5, 0.6) is 0 Å². The van der Waals surface area contributed by atoms with E-state index in [1.165, 1.54) is 6.55 Å². The lowest BCUT2D eigenvalue weighted by molar-refractivity contribution is -0.131. The van der Waals surface area contributed by atoms with Crippen molar-refractivity contribution < 1.29 is 14.0 Å². The molecule has 0 bridgehead atoms. The third kappa shape index (κ3) is 4.75. The van der Waals surface area contributed by atoms with Crippen molar-refractivity contribution in [1.29, 1.82) is 0 Å². The zero-order valence-electron chi connectivity index (χ0n) is 6.92. The smallest absolute Gasteiger partial charge is 0.429 e. The number of hydrogen-bond acceptors (Lipinski definition) is 2. The van der Waals surface area contributed by atoms with Crippen molar-refractivity contribution in [2.75, 3.05) is 0 Å². The summed E-state index contributed by atoms with van der Waals surface area (Å²) in [5.74, 6) is -0.595. The van der Waals surface area contributed by atoms with Gasteiger partial charge in [-0.2, -0.15) is 0 Å². The molecule has 0 aliphatic carbocycles. The fourth-order valence-corrected chi connectivity index (χ4v) is 2.28. The van der Waals surface area contributed by atoms with Crippen LogP contribution < -0.4 is 0 Å². The fraction of sp³-hybridized carbons (Fsp3) is 0.571. The second kappa shape index (κ2) is 4.30. The second-order valence-corrected chi connectivity index (χ2v) is 5.48. The average molecular weight is 173 g/mol. The van der Waals surface area contributed by atoms with Crippen molar-refractivity contribution in [3.05, 3.63) is 12.7 Å². The van der Waals surface area contributed by atoms with Gasteiger partial charge >= 0.3 is 14.5 Å². The second-order valence-electron chi connectivity index (χ2n) is 2.51. The van der Waals surface area contributed by atoms with E-state index in [1.54, 1.807) is 0 Å². The maximum Gasteiger partial charge on any atom is 0.429 e. The van der Waals surface area contributed by atoms with Crippen molar-refractivity contribution in [3.63, 3.8) is 0 Å². The molecule has 4 heteroatoms. The van der Waals surface area contributed by atoms with E-state index >= 15 is 0 Å². The molecule has 0 saturated carbocycles. The Labute approximate surface area is 67.9 Å². The number of carbonyl (C=O) groups is 1. The summed E-state index contributed by atoms with van der Waals surface area (Å²) in [5.41, 5.74) is 0. The van der Waals surface area contributed by atoms with E-state index in [0.717, 1.165) is 12.5 Å². The van der Waals surface area contributed by atoms with Crippen LogP contribution in [-0.4, -0.2) is 14.5 Å². The molecule has 0 aromatic carbocycles. The van der Waals surface area contributed by atoms with Crippen LogP contribution >= 0.6 is 0 Å². The molecule has 0 aromatic rings. The first kappa shape index (κ1) is 10.4. The van der Waals surface area contributed by atoms with Crippen LogP contribution in [-0.2, 0) is 14.0 Å². The number of hydrogen-bond donors (Lipinski definition) is 0. The Kier molecular flexibility index (Phi) is 4.06. The molecule has 11 heavy (non-hydrogen) atoms. The number of rotatable bonds is 4. The Morgan fingerprint density at radius 2 is 2.27 bits per heavy atom. The van der Waals surface area contributed by atoms with Gasteiger partial charge in [-0.25, -0.2) is 9.59 Å². The minimum Gasteiger partial charge on any atom is -0.489 e. The molecule has 1 radical (unpaired) electrons. The molecule has 0 rings (SSSR count). The summed E-state index contributed by atoms with van der Waals surface area (Å²) in [6.45, 7) is 6.59. The summed E-state index contributed by atoms with van der Waals surface area (Å²) < 4.78 is 4.65. The van der Waals surface area contributed by atoms with E-state index in [9.17, 15) is 9.59 Å². The molecular weight excluding hydrogens is 160 g/mol. The maximum atomic E-state index is 11.3. The average Bonchev–Trinajstić information content (AvgIpc) is 1.86. The van der Waals surface area contributed by atoms with Gasteiger partial charge in [-0.3, -0.25) is 0 Å². The first-order valence-electron chi connectivity index (χ1n) is 3.57. The van der Waals surface area contributed by atoms with E-state index in [1.807, 2.05) is 6.92 Å². The van der Waals surface area contributed by atoms with E-state index in [4.69, 9.17) is 0 Å². The van der Waals surface area contributed by atoms with Gasteiger partial charge in [-0.15, -0.1) is 0 Å². The van der Waals surface area contributed by atoms with Gasteiger partial charge in [0.05, 0.1) is 0 Å². The zero-order chi connectivity index (χ0) is 8.91. The summed E-state index contributed by atoms with van der Waals surface area (Å²) >= 11 is 0. The zero-order valence-corrected chi connectivity index (χ0v) is 7.92. The van der Waals surface area contributed by atoms with Gasteiger partial charge in [0.1, 0.15) is 0 Å². The predicted octanol–water partition coefficient (Wildman–Crippen LogP) is 1.63. The molecule has 0 fully saturated rings. The lowest BCUT2D eigenvalue weighted by atomic mass is 10.6. The predicted molar refractivity (Wildman–Crippen MR) is 43.7 cm³/mol. The Balaban J connectivity index is 3.89. The molecular formula is C7H13O3Si. The normalized spacial score (nSPS) is 15.2. The Hall–Kier alpha value is -0.613. The monoisotopic (exact) mass is 173 g/mol. The highest BCUT2D eigenvalue weighted by molar-refractivity contribution is 6.66. The van der Waals surface area contributed by atoms with Crippen LogP contribution in [0, 0.1) is 0 Å². The molecule has 3 nitrogen and oxygen atoms in total. The summed E-state index contributed by atoms with van der Waals surface area (Å²) in [6, 6.07) is 0.465. The van der Waals surface area contributed by atoms with Crippen LogP contribution in [0.1, 0.15) is 13.3 Å². The molecule has 0 aromatic heterocycles. The van der Waals surface area contributed by atoms with Crippen LogP contribution in [0.2, 0.25) is 12.6 Å². The van der Waals surface area contributed by atoms with Crippen molar-refractivity contribution in [2.45, 2.75) is 25.9 Å². The largest absolute Gasteiger partial charge is 0.489 e. The third-order valence-corrected chi connectivity index (χ3v) is 3.23. The summed E-state index contributed by atoms with van der Waals surface area (Å²) in [6.07, 6.45) is 1.79. The summed E-state index contributed by atoms with van der Waals surface area (Å²) in [7, 11) is -2.96. The Bertz CT molecular complexity index is 154. The third-order valence-electron chi connectivity index (χ3n) is 1.19. The van der Waals surface area contributed by atoms with Gasteiger partial charge in [-0.05, 0) is 6.55 Å². The summed E-state index contributed by atoms with van der Waals surface area (Å²) in [5, 5.41) is 0. The standard InChI is InChI=1S/C7H13O3Si/c1-4-6-11(3,9)10-7(8)5-2/h5H,2,4,6H2,1,3H3. The van der Waals surface area contributed by atoms with Crippen molar-refractivity contribution >= 4 is 14.5 Å². The van der Waals surface area contributed by atoms with Crippen LogP contribution in [0.15, 0.2) is 12.7 Å². The molecule has 0 aliphatic rings. The minimum atomic E-state index is -2.96. The molecule has 0 N–H and O–H groups in total. The molecule has 0 amide bonds. The van der Waals surface area contributed by atoms with Crippen molar-refractivity contribution in [2.24, 2.45) is 0 Å². The quantitative estimate of drug-likeness (QED) is 0.479. The van der Waals surface area contributed by atoms with Crippen LogP contribution in [0.3, 0.4) is 0 Å². The molecule has 0 spiro atoms.